The third-order valence-electron chi connectivity index (χ3n) is 4.09. The van der Waals surface area contributed by atoms with Gasteiger partial charge < -0.3 is 4.74 Å². The van der Waals surface area contributed by atoms with Crippen LogP contribution in [0.3, 0.4) is 0 Å². The Bertz CT molecular complexity index is 870. The molecule has 4 rings (SSSR count). The number of ether oxygens (including phenoxy) is 1. The number of aromatic nitrogens is 1. The van der Waals surface area contributed by atoms with E-state index in [0.717, 1.165) is 27.5 Å². The first-order chi connectivity index (χ1) is 12.5. The van der Waals surface area contributed by atoms with E-state index in [4.69, 9.17) is 4.74 Å². The van der Waals surface area contributed by atoms with Crippen LogP contribution in [0.2, 0.25) is 0 Å². The van der Waals surface area contributed by atoms with Crippen molar-refractivity contribution in [1.29, 1.82) is 0 Å². The molecular formula is C18H15BrF2N2OS2. The van der Waals surface area contributed by atoms with Crippen LogP contribution >= 0.6 is 39.0 Å². The highest BCUT2D eigenvalue weighted by Crippen LogP contribution is 2.50. The fraction of sp³-hybridized carbons (Fsp3) is 0.278. The number of nitrogens with one attached hydrogen (secondary N) is 1. The van der Waals surface area contributed by atoms with Gasteiger partial charge in [-0.3, -0.25) is 5.32 Å². The quantitative estimate of drug-likeness (QED) is 0.530. The topological polar surface area (TPSA) is 34.2 Å². The molecule has 0 radical (unpaired) electrons. The fourth-order valence-electron chi connectivity index (χ4n) is 2.88. The SMILES string of the molecule is FC(F)(Br)[C@]1(Sc2nc3ccccc3s2)N[C@@H](Cc2ccccc2)CO1. The molecule has 0 amide bonds. The van der Waals surface area contributed by atoms with Crippen LogP contribution in [0.25, 0.3) is 10.2 Å². The molecule has 1 fully saturated rings. The zero-order valence-electron chi connectivity index (χ0n) is 13.5. The summed E-state index contributed by atoms with van der Waals surface area (Å²) in [5, 5.41) is 1.11. The molecule has 8 heteroatoms. The Labute approximate surface area is 166 Å². The number of benzene rings is 2. The van der Waals surface area contributed by atoms with E-state index in [-0.39, 0.29) is 12.6 Å². The molecule has 3 nitrogen and oxygen atoms in total. The van der Waals surface area contributed by atoms with Gasteiger partial charge in [0.1, 0.15) is 0 Å². The number of nitrogens with zero attached hydrogens (tertiary/aromatic N) is 1. The van der Waals surface area contributed by atoms with Crippen molar-refractivity contribution in [3.8, 4) is 0 Å². The van der Waals surface area contributed by atoms with Gasteiger partial charge in [-0.15, -0.1) is 11.3 Å². The Morgan fingerprint density at radius 3 is 2.69 bits per heavy atom. The number of para-hydroxylation sites is 1. The summed E-state index contributed by atoms with van der Waals surface area (Å²) < 4.78 is 36.0. The van der Waals surface area contributed by atoms with E-state index >= 15 is 0 Å². The molecule has 1 aliphatic rings. The molecule has 3 aromatic rings. The van der Waals surface area contributed by atoms with Crippen LogP contribution < -0.4 is 5.32 Å². The minimum Gasteiger partial charge on any atom is -0.343 e. The Kier molecular flexibility index (Phi) is 5.04. The molecule has 2 atom stereocenters. The zero-order valence-corrected chi connectivity index (χ0v) is 16.7. The first kappa shape index (κ1) is 18.3. The molecule has 0 aliphatic carbocycles. The molecule has 0 unspecified atom stereocenters. The lowest BCUT2D eigenvalue weighted by atomic mass is 10.1. The van der Waals surface area contributed by atoms with Crippen LogP contribution in [0.1, 0.15) is 5.56 Å². The summed E-state index contributed by atoms with van der Waals surface area (Å²) in [6.07, 6.45) is 0.617. The molecule has 1 N–H and O–H groups in total. The maximum absolute atomic E-state index is 14.4. The number of thiazole rings is 1. The van der Waals surface area contributed by atoms with Crippen LogP contribution in [0, 0.1) is 0 Å². The average Bonchev–Trinajstić information content (AvgIpc) is 3.20. The zero-order chi connectivity index (χ0) is 18.2. The molecule has 136 valence electrons. The number of fused-ring (bicyclic) bond motifs is 1. The van der Waals surface area contributed by atoms with Gasteiger partial charge >= 0.3 is 4.83 Å². The highest BCUT2D eigenvalue weighted by molar-refractivity contribution is 9.10. The fourth-order valence-corrected chi connectivity index (χ4v) is 5.69. The van der Waals surface area contributed by atoms with Crippen molar-refractivity contribution in [2.24, 2.45) is 0 Å². The third-order valence-corrected chi connectivity index (χ3v) is 7.28. The summed E-state index contributed by atoms with van der Waals surface area (Å²) in [6, 6.07) is 17.2. The normalized spacial score (nSPS) is 23.6. The first-order valence-corrected chi connectivity index (χ1v) is 10.4. The molecule has 0 bridgehead atoms. The number of hydrogen-bond acceptors (Lipinski definition) is 5. The van der Waals surface area contributed by atoms with Gasteiger partial charge in [0.05, 0.1) is 16.8 Å². The van der Waals surface area contributed by atoms with Crippen molar-refractivity contribution >= 4 is 49.2 Å². The lowest BCUT2D eigenvalue weighted by molar-refractivity contribution is -0.0764. The summed E-state index contributed by atoms with van der Waals surface area (Å²) in [5.74, 6) is 0. The van der Waals surface area contributed by atoms with Crippen molar-refractivity contribution in [2.45, 2.75) is 26.7 Å². The summed E-state index contributed by atoms with van der Waals surface area (Å²) in [7, 11) is 0. The summed E-state index contributed by atoms with van der Waals surface area (Å²) in [4.78, 5) is 1.20. The van der Waals surface area contributed by atoms with Gasteiger partial charge in [-0.2, -0.15) is 8.78 Å². The molecule has 2 heterocycles. The number of alkyl halides is 3. The predicted octanol–water partition coefficient (Wildman–Crippen LogP) is 5.26. The Morgan fingerprint density at radius 1 is 1.23 bits per heavy atom. The van der Waals surface area contributed by atoms with E-state index in [0.29, 0.717) is 10.8 Å². The summed E-state index contributed by atoms with van der Waals surface area (Å²) >= 11 is 4.82. The highest BCUT2D eigenvalue weighted by atomic mass is 79.9. The van der Waals surface area contributed by atoms with E-state index in [1.807, 2.05) is 54.6 Å². The van der Waals surface area contributed by atoms with Crippen molar-refractivity contribution in [2.75, 3.05) is 6.61 Å². The Hall–Kier alpha value is -1.06. The van der Waals surface area contributed by atoms with Gasteiger partial charge in [-0.1, -0.05) is 42.5 Å². The molecular weight excluding hydrogens is 442 g/mol. The highest BCUT2D eigenvalue weighted by Gasteiger charge is 2.59. The molecule has 2 aromatic carbocycles. The monoisotopic (exact) mass is 456 g/mol. The van der Waals surface area contributed by atoms with Gasteiger partial charge in [-0.25, -0.2) is 4.98 Å². The van der Waals surface area contributed by atoms with Crippen LogP contribution in [-0.2, 0) is 11.2 Å². The van der Waals surface area contributed by atoms with E-state index in [1.165, 1.54) is 11.3 Å². The largest absolute Gasteiger partial charge is 0.353 e. The number of rotatable bonds is 5. The number of hydrogen-bond donors (Lipinski definition) is 1. The lowest BCUT2D eigenvalue weighted by Gasteiger charge is -2.31. The maximum Gasteiger partial charge on any atom is 0.353 e. The van der Waals surface area contributed by atoms with Gasteiger partial charge in [0.25, 0.3) is 0 Å². The first-order valence-electron chi connectivity index (χ1n) is 8.02. The van der Waals surface area contributed by atoms with E-state index in [1.54, 1.807) is 0 Å². The van der Waals surface area contributed by atoms with E-state index < -0.39 is 9.89 Å². The molecule has 1 aliphatic heterocycles. The number of halogens is 3. The third kappa shape index (κ3) is 3.66. The minimum absolute atomic E-state index is 0.202. The second-order valence-corrected chi connectivity index (χ2v) is 9.46. The molecule has 1 aromatic heterocycles. The van der Waals surface area contributed by atoms with Gasteiger partial charge in [-0.05, 0) is 51.8 Å². The Morgan fingerprint density at radius 2 is 1.96 bits per heavy atom. The van der Waals surface area contributed by atoms with Crippen LogP contribution in [-0.4, -0.2) is 27.5 Å². The van der Waals surface area contributed by atoms with E-state index in [2.05, 4.69) is 26.2 Å². The van der Waals surface area contributed by atoms with Crippen molar-refractivity contribution < 1.29 is 13.5 Å². The Balaban J connectivity index is 1.57. The molecule has 0 spiro atoms. The van der Waals surface area contributed by atoms with E-state index in [9.17, 15) is 8.78 Å². The minimum atomic E-state index is -3.26. The smallest absolute Gasteiger partial charge is 0.343 e. The second kappa shape index (κ2) is 7.16. The number of thioether (sulfide) groups is 1. The standard InChI is InChI=1S/C18H15BrF2N2OS2/c19-17(20,21)18(26-16-22-14-8-4-5-9-15(14)25-16)23-13(11-24-18)10-12-6-2-1-3-7-12/h1-9,13,23H,10-11H2/t13-,18-/m0/s1. The van der Waals surface area contributed by atoms with Crippen LogP contribution in [0.4, 0.5) is 8.78 Å². The van der Waals surface area contributed by atoms with Crippen LogP contribution in [0.15, 0.2) is 58.9 Å². The lowest BCUT2D eigenvalue weighted by Crippen LogP contribution is -2.52. The predicted molar refractivity (Wildman–Crippen MR) is 105 cm³/mol. The van der Waals surface area contributed by atoms with Crippen molar-refractivity contribution in [3.63, 3.8) is 0 Å². The van der Waals surface area contributed by atoms with Crippen LogP contribution in [0.5, 0.6) is 0 Å². The summed E-state index contributed by atoms with van der Waals surface area (Å²) in [6.45, 7) is 0.202. The summed E-state index contributed by atoms with van der Waals surface area (Å²) in [5.41, 5.74) is 1.87. The van der Waals surface area contributed by atoms with Gasteiger partial charge in [0, 0.05) is 6.04 Å². The van der Waals surface area contributed by atoms with Crippen molar-refractivity contribution in [1.82, 2.24) is 10.3 Å². The van der Waals surface area contributed by atoms with Gasteiger partial charge in [0.15, 0.2) is 4.34 Å². The second-order valence-electron chi connectivity index (χ2n) is 6.01. The maximum atomic E-state index is 14.4. The van der Waals surface area contributed by atoms with Crippen molar-refractivity contribution in [3.05, 3.63) is 60.2 Å². The molecule has 26 heavy (non-hydrogen) atoms. The average molecular weight is 457 g/mol. The van der Waals surface area contributed by atoms with Gasteiger partial charge in [0.2, 0.25) is 5.06 Å². The molecule has 1 saturated heterocycles. The molecule has 0 saturated carbocycles.